The fourth-order valence-electron chi connectivity index (χ4n) is 3.00. The van der Waals surface area contributed by atoms with Crippen molar-refractivity contribution in [3.63, 3.8) is 0 Å². The van der Waals surface area contributed by atoms with Crippen LogP contribution in [0.15, 0.2) is 53.4 Å². The first-order valence-electron chi connectivity index (χ1n) is 9.92. The average Bonchev–Trinajstić information content (AvgIpc) is 2.80. The third-order valence-electron chi connectivity index (χ3n) is 4.71. The number of rotatable bonds is 8. The molecule has 1 fully saturated rings. The van der Waals surface area contributed by atoms with Gasteiger partial charge in [0.25, 0.3) is 5.91 Å². The first-order valence-corrected chi connectivity index (χ1v) is 11.4. The van der Waals surface area contributed by atoms with E-state index in [1.807, 2.05) is 0 Å². The van der Waals surface area contributed by atoms with Crippen molar-refractivity contribution >= 4 is 27.6 Å². The number of halogens is 2. The molecule has 1 atom stereocenters. The number of anilines is 1. The molecule has 33 heavy (non-hydrogen) atoms. The van der Waals surface area contributed by atoms with Gasteiger partial charge in [-0.05, 0) is 43.3 Å². The number of carbonyl (C=O) groups is 2. The van der Waals surface area contributed by atoms with Gasteiger partial charge in [-0.15, -0.1) is 0 Å². The number of benzene rings is 2. The maximum absolute atomic E-state index is 12.6. The lowest BCUT2D eigenvalue weighted by Gasteiger charge is -2.26. The second-order valence-electron chi connectivity index (χ2n) is 6.95. The highest BCUT2D eigenvalue weighted by Gasteiger charge is 2.26. The number of nitrogens with zero attached hydrogens (tertiary/aromatic N) is 1. The lowest BCUT2D eigenvalue weighted by Crippen LogP contribution is -2.40. The normalized spacial score (nSPS) is 15.6. The predicted octanol–water partition coefficient (Wildman–Crippen LogP) is 2.49. The Morgan fingerprint density at radius 3 is 2.33 bits per heavy atom. The number of para-hydroxylation sites is 1. The molecule has 0 radical (unpaired) electrons. The van der Waals surface area contributed by atoms with Crippen molar-refractivity contribution in [1.29, 1.82) is 0 Å². The van der Waals surface area contributed by atoms with Gasteiger partial charge in [-0.2, -0.15) is 13.1 Å². The lowest BCUT2D eigenvalue weighted by atomic mass is 10.2. The molecule has 1 aliphatic rings. The zero-order valence-corrected chi connectivity index (χ0v) is 18.4. The van der Waals surface area contributed by atoms with E-state index in [9.17, 15) is 26.8 Å². The van der Waals surface area contributed by atoms with Gasteiger partial charge in [0, 0.05) is 18.8 Å². The molecule has 3 rings (SSSR count). The van der Waals surface area contributed by atoms with Crippen molar-refractivity contribution in [1.82, 2.24) is 4.31 Å². The summed E-state index contributed by atoms with van der Waals surface area (Å²) in [5.41, 5.74) is 0.0281. The molecule has 1 aliphatic heterocycles. The molecule has 12 heteroatoms. The topological polar surface area (TPSA) is 111 Å². The number of carbonyl (C=O) groups excluding carboxylic acids is 2. The molecule has 9 nitrogen and oxygen atoms in total. The number of nitrogens with one attached hydrogen (secondary N) is 1. The summed E-state index contributed by atoms with van der Waals surface area (Å²) >= 11 is 0. The molecule has 1 heterocycles. The average molecular weight is 484 g/mol. The first-order chi connectivity index (χ1) is 15.7. The van der Waals surface area contributed by atoms with Gasteiger partial charge < -0.3 is 19.5 Å². The van der Waals surface area contributed by atoms with E-state index < -0.39 is 34.6 Å². The predicted molar refractivity (Wildman–Crippen MR) is 113 cm³/mol. The summed E-state index contributed by atoms with van der Waals surface area (Å²) in [6, 6.07) is 10.8. The van der Waals surface area contributed by atoms with Gasteiger partial charge in [-0.1, -0.05) is 12.1 Å². The Bertz CT molecular complexity index is 1090. The highest BCUT2D eigenvalue weighted by Crippen LogP contribution is 2.22. The van der Waals surface area contributed by atoms with Gasteiger partial charge in [-0.25, -0.2) is 13.2 Å². The summed E-state index contributed by atoms with van der Waals surface area (Å²) < 4.78 is 66.2. The van der Waals surface area contributed by atoms with Crippen molar-refractivity contribution in [2.45, 2.75) is 24.5 Å². The number of alkyl halides is 2. The molecule has 1 N–H and O–H groups in total. The Balaban J connectivity index is 1.61. The van der Waals surface area contributed by atoms with Gasteiger partial charge >= 0.3 is 12.6 Å². The maximum Gasteiger partial charge on any atom is 0.387 e. The Morgan fingerprint density at radius 1 is 1.06 bits per heavy atom. The van der Waals surface area contributed by atoms with Crippen LogP contribution in [0.2, 0.25) is 0 Å². The van der Waals surface area contributed by atoms with E-state index in [0.29, 0.717) is 13.2 Å². The Kier molecular flexibility index (Phi) is 7.95. The van der Waals surface area contributed by atoms with Crippen LogP contribution >= 0.6 is 0 Å². The molecule has 0 saturated carbocycles. The van der Waals surface area contributed by atoms with E-state index >= 15 is 0 Å². The van der Waals surface area contributed by atoms with Crippen LogP contribution in [0.3, 0.4) is 0 Å². The van der Waals surface area contributed by atoms with Gasteiger partial charge in [0.1, 0.15) is 11.3 Å². The van der Waals surface area contributed by atoms with Gasteiger partial charge in [0.2, 0.25) is 10.0 Å². The quantitative estimate of drug-likeness (QED) is 0.573. The Labute approximate surface area is 189 Å². The van der Waals surface area contributed by atoms with Crippen molar-refractivity contribution in [2.75, 3.05) is 31.6 Å². The molecular weight excluding hydrogens is 462 g/mol. The number of esters is 1. The molecule has 1 amide bonds. The SMILES string of the molecule is C[C@H](OC(=O)c1ccccc1OC(F)F)C(=O)Nc1ccc(S(=O)(=O)N2CCOCC2)cc1. The minimum atomic E-state index is -3.68. The number of hydrogen-bond donors (Lipinski definition) is 1. The summed E-state index contributed by atoms with van der Waals surface area (Å²) in [5, 5.41) is 2.51. The zero-order chi connectivity index (χ0) is 24.0. The van der Waals surface area contributed by atoms with Crippen molar-refractivity contribution in [3.05, 3.63) is 54.1 Å². The summed E-state index contributed by atoms with van der Waals surface area (Å²) in [5.74, 6) is -2.08. The molecule has 2 aromatic rings. The maximum atomic E-state index is 12.6. The van der Waals surface area contributed by atoms with Crippen molar-refractivity contribution in [2.24, 2.45) is 0 Å². The van der Waals surface area contributed by atoms with E-state index in [0.717, 1.165) is 0 Å². The minimum absolute atomic E-state index is 0.0671. The van der Waals surface area contributed by atoms with Crippen LogP contribution in [0.5, 0.6) is 5.75 Å². The number of sulfonamides is 1. The first kappa shape index (κ1) is 24.6. The molecular formula is C21H22F2N2O7S. The van der Waals surface area contributed by atoms with Crippen LogP contribution < -0.4 is 10.1 Å². The number of ether oxygens (including phenoxy) is 3. The highest BCUT2D eigenvalue weighted by molar-refractivity contribution is 7.89. The summed E-state index contributed by atoms with van der Waals surface area (Å²) in [7, 11) is -3.68. The van der Waals surface area contributed by atoms with Gasteiger partial charge in [0.05, 0.1) is 18.1 Å². The van der Waals surface area contributed by atoms with Gasteiger partial charge in [0.15, 0.2) is 6.10 Å². The van der Waals surface area contributed by atoms with Crippen LogP contribution in [0.4, 0.5) is 14.5 Å². The summed E-state index contributed by atoms with van der Waals surface area (Å²) in [6.07, 6.45) is -1.27. The van der Waals surface area contributed by atoms with E-state index in [-0.39, 0.29) is 35.0 Å². The Hall–Kier alpha value is -3.09. The van der Waals surface area contributed by atoms with E-state index in [2.05, 4.69) is 10.1 Å². The Morgan fingerprint density at radius 2 is 1.70 bits per heavy atom. The number of hydrogen-bond acceptors (Lipinski definition) is 7. The molecule has 0 spiro atoms. The van der Waals surface area contributed by atoms with Gasteiger partial charge in [-0.3, -0.25) is 4.79 Å². The van der Waals surface area contributed by atoms with Crippen LogP contribution in [0.25, 0.3) is 0 Å². The standard InChI is InChI=1S/C21H22F2N2O7S/c1-14(31-20(27)17-4-2-3-5-18(17)32-21(22)23)19(26)24-15-6-8-16(9-7-15)33(28,29)25-10-12-30-13-11-25/h2-9,14,21H,10-13H2,1H3,(H,24,26)/t14-/m0/s1. The lowest BCUT2D eigenvalue weighted by molar-refractivity contribution is -0.123. The van der Waals surface area contributed by atoms with Crippen molar-refractivity contribution in [3.8, 4) is 5.75 Å². The molecule has 0 bridgehead atoms. The molecule has 0 aliphatic carbocycles. The second-order valence-corrected chi connectivity index (χ2v) is 8.89. The van der Waals surface area contributed by atoms with E-state index in [1.165, 1.54) is 59.8 Å². The highest BCUT2D eigenvalue weighted by atomic mass is 32.2. The number of amides is 1. The zero-order valence-electron chi connectivity index (χ0n) is 17.6. The fraction of sp³-hybridized carbons (Fsp3) is 0.333. The molecule has 0 aromatic heterocycles. The van der Waals surface area contributed by atoms with Crippen LogP contribution in [-0.2, 0) is 24.3 Å². The third kappa shape index (κ3) is 6.24. The molecule has 2 aromatic carbocycles. The summed E-state index contributed by atoms with van der Waals surface area (Å²) in [6.45, 7) is -0.661. The van der Waals surface area contributed by atoms with Crippen LogP contribution in [-0.4, -0.2) is 63.6 Å². The smallest absolute Gasteiger partial charge is 0.387 e. The second kappa shape index (κ2) is 10.7. The molecule has 1 saturated heterocycles. The third-order valence-corrected chi connectivity index (χ3v) is 6.62. The summed E-state index contributed by atoms with van der Waals surface area (Å²) in [4.78, 5) is 24.8. The molecule has 178 valence electrons. The minimum Gasteiger partial charge on any atom is -0.449 e. The fourth-order valence-corrected chi connectivity index (χ4v) is 4.41. The molecule has 0 unspecified atom stereocenters. The van der Waals surface area contributed by atoms with Crippen LogP contribution in [0, 0.1) is 0 Å². The van der Waals surface area contributed by atoms with E-state index in [4.69, 9.17) is 9.47 Å². The van der Waals surface area contributed by atoms with Crippen LogP contribution in [0.1, 0.15) is 17.3 Å². The number of morpholine rings is 1. The largest absolute Gasteiger partial charge is 0.449 e. The van der Waals surface area contributed by atoms with E-state index in [1.54, 1.807) is 0 Å². The van der Waals surface area contributed by atoms with Crippen molar-refractivity contribution < 1.29 is 41.0 Å². The monoisotopic (exact) mass is 484 g/mol.